The van der Waals surface area contributed by atoms with Crippen molar-refractivity contribution in [3.8, 4) is 17.0 Å². The number of benzene rings is 2. The molecule has 3 aromatic heterocycles. The molecule has 5 aromatic rings. The lowest BCUT2D eigenvalue weighted by Crippen LogP contribution is -2.54. The lowest BCUT2D eigenvalue weighted by Gasteiger charge is -2.35. The molecule has 2 aromatic carbocycles. The number of pyridine rings is 1. The largest absolute Gasteiger partial charge is 0.493 e. The van der Waals surface area contributed by atoms with Gasteiger partial charge in [0, 0.05) is 43.9 Å². The predicted molar refractivity (Wildman–Crippen MR) is 225 cm³/mol. The molecule has 17 nitrogen and oxygen atoms in total. The van der Waals surface area contributed by atoms with Crippen LogP contribution >= 0.6 is 0 Å². The number of piperidine rings is 1. The Balaban J connectivity index is 0.740. The molecule has 18 heteroatoms. The monoisotopic (exact) mass is 834 g/mol. The van der Waals surface area contributed by atoms with E-state index in [1.165, 1.54) is 0 Å². The second kappa shape index (κ2) is 17.4. The first kappa shape index (κ1) is 40.4. The first-order valence-corrected chi connectivity index (χ1v) is 22.0. The Morgan fingerprint density at radius 3 is 2.42 bits per heavy atom. The van der Waals surface area contributed by atoms with Crippen LogP contribution in [0.15, 0.2) is 79.1 Å². The molecule has 3 N–H and O–H groups in total. The number of amides is 4. The number of hydrogen-bond acceptors (Lipinski definition) is 13. The van der Waals surface area contributed by atoms with Gasteiger partial charge in [-0.1, -0.05) is 37.5 Å². The number of carbonyl (C=O) groups excluding carboxylic acids is 4. The maximum absolute atomic E-state index is 13.3. The molecule has 0 aliphatic carbocycles. The number of rotatable bonds is 16. The fraction of sp³-hybridized carbons (Fsp3) is 0.357. The van der Waals surface area contributed by atoms with E-state index >= 15 is 0 Å². The van der Waals surface area contributed by atoms with Gasteiger partial charge in [0.1, 0.15) is 17.6 Å². The SMILES string of the molecule is CS(=O)(=O)Nc1cccc(-c2ccc3cnc(Nc4ccc(N5CCN(CCCCCCCOc6cccc7c6C(=O)N(C6CCC(=O)NC6=O)C7=O)CC5)nc4)nn23)c1. The summed E-state index contributed by atoms with van der Waals surface area (Å²) < 4.78 is 33.7. The second-order valence-corrected chi connectivity index (χ2v) is 16.9. The Morgan fingerprint density at radius 2 is 1.63 bits per heavy atom. The second-order valence-electron chi connectivity index (χ2n) is 15.2. The minimum absolute atomic E-state index is 0.0714. The Kier molecular flexibility index (Phi) is 11.7. The third kappa shape index (κ3) is 9.08. The zero-order valence-electron chi connectivity index (χ0n) is 33.2. The van der Waals surface area contributed by atoms with Gasteiger partial charge >= 0.3 is 0 Å². The molecule has 2 fully saturated rings. The lowest BCUT2D eigenvalue weighted by atomic mass is 10.0. The molecule has 2 saturated heterocycles. The van der Waals surface area contributed by atoms with E-state index in [1.54, 1.807) is 53.3 Å². The number of sulfonamides is 1. The van der Waals surface area contributed by atoms with E-state index in [-0.39, 0.29) is 24.0 Å². The predicted octanol–water partition coefficient (Wildman–Crippen LogP) is 4.46. The molecule has 0 spiro atoms. The van der Waals surface area contributed by atoms with Crippen LogP contribution in [0, 0.1) is 0 Å². The third-order valence-corrected chi connectivity index (χ3v) is 11.5. The van der Waals surface area contributed by atoms with E-state index in [4.69, 9.17) is 14.8 Å². The molecule has 0 bridgehead atoms. The summed E-state index contributed by atoms with van der Waals surface area (Å²) in [6.45, 7) is 5.13. The van der Waals surface area contributed by atoms with Gasteiger partial charge in [-0.05, 0) is 74.3 Å². The Morgan fingerprint density at radius 1 is 0.833 bits per heavy atom. The molecule has 4 amide bonds. The Hall–Kier alpha value is -6.40. The number of nitrogens with zero attached hydrogens (tertiary/aromatic N) is 7. The summed E-state index contributed by atoms with van der Waals surface area (Å²) in [5, 5.41) is 10.2. The molecule has 8 rings (SSSR count). The van der Waals surface area contributed by atoms with Crippen molar-refractivity contribution < 1.29 is 32.3 Å². The van der Waals surface area contributed by atoms with E-state index < -0.39 is 39.7 Å². The molecular weight excluding hydrogens is 789 g/mol. The minimum atomic E-state index is -3.41. The molecular formula is C42H46N10O7S. The van der Waals surface area contributed by atoms with Gasteiger partial charge in [0.25, 0.3) is 11.8 Å². The first-order chi connectivity index (χ1) is 29.0. The van der Waals surface area contributed by atoms with Crippen molar-refractivity contribution >= 4 is 62.3 Å². The molecule has 3 aliphatic rings. The Bertz CT molecular complexity index is 2540. The zero-order valence-corrected chi connectivity index (χ0v) is 34.0. The van der Waals surface area contributed by atoms with Crippen LogP contribution in [0.3, 0.4) is 0 Å². The van der Waals surface area contributed by atoms with Crippen LogP contribution in [0.2, 0.25) is 0 Å². The third-order valence-electron chi connectivity index (χ3n) is 10.9. The molecule has 60 heavy (non-hydrogen) atoms. The summed E-state index contributed by atoms with van der Waals surface area (Å²) in [6.07, 6.45) is 9.85. The maximum Gasteiger partial charge on any atom is 0.266 e. The Labute approximate surface area is 347 Å². The van der Waals surface area contributed by atoms with Crippen molar-refractivity contribution in [3.05, 3.63) is 90.3 Å². The highest BCUT2D eigenvalue weighted by Crippen LogP contribution is 2.34. The van der Waals surface area contributed by atoms with Crippen LogP contribution in [0.1, 0.15) is 65.7 Å². The number of imide groups is 2. The maximum atomic E-state index is 13.3. The molecule has 1 atom stereocenters. The summed E-state index contributed by atoms with van der Waals surface area (Å²) in [5.41, 5.74) is 4.01. The fourth-order valence-corrected chi connectivity index (χ4v) is 8.42. The van der Waals surface area contributed by atoms with Gasteiger partial charge < -0.3 is 15.0 Å². The molecule has 312 valence electrons. The van der Waals surface area contributed by atoms with Crippen molar-refractivity contribution in [2.24, 2.45) is 0 Å². The quantitative estimate of drug-likeness (QED) is 0.0931. The average Bonchev–Trinajstić information content (AvgIpc) is 3.76. The molecule has 1 unspecified atom stereocenters. The number of aromatic nitrogens is 4. The first-order valence-electron chi connectivity index (χ1n) is 20.1. The zero-order chi connectivity index (χ0) is 41.8. The number of nitrogens with one attached hydrogen (secondary N) is 3. The highest BCUT2D eigenvalue weighted by Gasteiger charge is 2.46. The van der Waals surface area contributed by atoms with E-state index in [2.05, 4.69) is 30.1 Å². The van der Waals surface area contributed by atoms with E-state index in [1.807, 2.05) is 30.3 Å². The van der Waals surface area contributed by atoms with Gasteiger partial charge in [0.05, 0.1) is 53.3 Å². The van der Waals surface area contributed by atoms with Gasteiger partial charge in [-0.25, -0.2) is 22.9 Å². The van der Waals surface area contributed by atoms with Crippen molar-refractivity contribution in [1.82, 2.24) is 34.7 Å². The lowest BCUT2D eigenvalue weighted by molar-refractivity contribution is -0.136. The van der Waals surface area contributed by atoms with E-state index in [0.717, 1.165) is 104 Å². The van der Waals surface area contributed by atoms with Crippen LogP contribution in [-0.2, 0) is 19.6 Å². The molecule has 0 radical (unpaired) electrons. The van der Waals surface area contributed by atoms with Crippen LogP contribution < -0.4 is 25.0 Å². The normalized spacial score (nSPS) is 17.2. The van der Waals surface area contributed by atoms with Gasteiger partial charge in [-0.3, -0.25) is 39.0 Å². The van der Waals surface area contributed by atoms with Gasteiger partial charge in [0.2, 0.25) is 27.8 Å². The highest BCUT2D eigenvalue weighted by molar-refractivity contribution is 7.92. The average molecular weight is 835 g/mol. The number of piperazine rings is 1. The van der Waals surface area contributed by atoms with E-state index in [9.17, 15) is 27.6 Å². The summed E-state index contributed by atoms with van der Waals surface area (Å²) >= 11 is 0. The van der Waals surface area contributed by atoms with Crippen LogP contribution in [0.5, 0.6) is 5.75 Å². The highest BCUT2D eigenvalue weighted by atomic mass is 32.2. The number of carbonyl (C=O) groups is 4. The van der Waals surface area contributed by atoms with Gasteiger partial charge in [-0.2, -0.15) is 0 Å². The number of anilines is 4. The van der Waals surface area contributed by atoms with Gasteiger partial charge in [0.15, 0.2) is 0 Å². The van der Waals surface area contributed by atoms with Crippen LogP contribution in [0.25, 0.3) is 16.8 Å². The summed E-state index contributed by atoms with van der Waals surface area (Å²) in [6, 6.07) is 18.8. The number of hydrogen-bond donors (Lipinski definition) is 3. The summed E-state index contributed by atoms with van der Waals surface area (Å²) in [5.74, 6) is -0.498. The standard InChI is InChI=1S/C42H46N10O7S/c1-60(57,58)48-29-10-7-9-28(25-29)33-15-14-31-27-44-42(47-52(31)33)45-30-13-17-36(43-26-30)50-22-20-49(21-23-50)19-5-3-2-4-6-24-59-35-12-8-11-32-38(35)41(56)51(40(32)55)34-16-18-37(53)46-39(34)54/h7-15,17,25-27,34,48H,2-6,16,18-24H2,1H3,(H,45,47)(H,46,53,54). The summed E-state index contributed by atoms with van der Waals surface area (Å²) in [7, 11) is -3.41. The smallest absolute Gasteiger partial charge is 0.266 e. The molecule has 6 heterocycles. The summed E-state index contributed by atoms with van der Waals surface area (Å²) in [4.78, 5) is 65.2. The fourth-order valence-electron chi connectivity index (χ4n) is 7.86. The van der Waals surface area contributed by atoms with Gasteiger partial charge in [-0.15, -0.1) is 5.10 Å². The van der Waals surface area contributed by atoms with Crippen molar-refractivity contribution in [1.29, 1.82) is 0 Å². The van der Waals surface area contributed by atoms with Crippen LogP contribution in [-0.4, -0.2) is 113 Å². The topological polar surface area (TPSA) is 201 Å². The number of ether oxygens (including phenoxy) is 1. The van der Waals surface area contributed by atoms with E-state index in [0.29, 0.717) is 24.0 Å². The number of fused-ring (bicyclic) bond motifs is 2. The van der Waals surface area contributed by atoms with Crippen molar-refractivity contribution in [2.75, 3.05) is 60.5 Å². The minimum Gasteiger partial charge on any atom is -0.493 e. The van der Waals surface area contributed by atoms with Crippen molar-refractivity contribution in [2.45, 2.75) is 51.0 Å². The van der Waals surface area contributed by atoms with Crippen molar-refractivity contribution in [3.63, 3.8) is 0 Å². The molecule has 3 aliphatic heterocycles. The molecule has 0 saturated carbocycles. The van der Waals surface area contributed by atoms with Crippen LogP contribution in [0.4, 0.5) is 23.1 Å². The number of unbranched alkanes of at least 4 members (excludes halogenated alkanes) is 4.